The van der Waals surface area contributed by atoms with Crippen molar-refractivity contribution in [3.05, 3.63) is 0 Å². The molecular formula is C6H14N2O2. The van der Waals surface area contributed by atoms with Gasteiger partial charge in [0.25, 0.3) is 5.91 Å². The van der Waals surface area contributed by atoms with E-state index >= 15 is 0 Å². The van der Waals surface area contributed by atoms with Crippen molar-refractivity contribution in [2.45, 2.75) is 26.0 Å². The first-order valence-corrected chi connectivity index (χ1v) is 3.17. The van der Waals surface area contributed by atoms with E-state index in [2.05, 4.69) is 0 Å². The Kier molecular flexibility index (Phi) is 2.80. The number of nitrogens with two attached hydrogens (primary N) is 2. The van der Waals surface area contributed by atoms with Crippen molar-refractivity contribution in [2.24, 2.45) is 17.4 Å². The number of rotatable bonds is 3. The van der Waals surface area contributed by atoms with Gasteiger partial charge in [-0.25, -0.2) is 0 Å². The molecule has 0 radical (unpaired) electrons. The Bertz CT molecular complexity index is 132. The second-order valence-corrected chi connectivity index (χ2v) is 2.89. The molecular weight excluding hydrogens is 132 g/mol. The molecule has 0 aliphatic rings. The predicted molar refractivity (Wildman–Crippen MR) is 37.8 cm³/mol. The van der Waals surface area contributed by atoms with Gasteiger partial charge in [0.1, 0.15) is 0 Å². The lowest BCUT2D eigenvalue weighted by Gasteiger charge is -2.20. The normalized spacial score (nSPS) is 16.9. The minimum Gasteiger partial charge on any atom is -0.368 e. The lowest BCUT2D eigenvalue weighted by molar-refractivity contribution is -0.137. The van der Waals surface area contributed by atoms with Gasteiger partial charge in [-0.1, -0.05) is 13.8 Å². The van der Waals surface area contributed by atoms with Crippen molar-refractivity contribution in [3.63, 3.8) is 0 Å². The Balaban J connectivity index is 4.00. The number of carbonyl (C=O) groups excluding carboxylic acids is 1. The van der Waals surface area contributed by atoms with E-state index < -0.39 is 11.6 Å². The SMILES string of the molecule is CC(C)CC(N)(O)C(N)=O. The maximum atomic E-state index is 10.4. The Morgan fingerprint density at radius 3 is 2.20 bits per heavy atom. The third kappa shape index (κ3) is 2.80. The Hall–Kier alpha value is -0.610. The predicted octanol–water partition coefficient (Wildman–Crippen LogP) is -0.835. The van der Waals surface area contributed by atoms with Gasteiger partial charge in [0.05, 0.1) is 0 Å². The lowest BCUT2D eigenvalue weighted by atomic mass is 10.0. The third-order valence-electron chi connectivity index (χ3n) is 1.15. The molecule has 1 unspecified atom stereocenters. The number of amides is 1. The fourth-order valence-electron chi connectivity index (χ4n) is 0.723. The first kappa shape index (κ1) is 9.39. The van der Waals surface area contributed by atoms with Crippen LogP contribution in [0.1, 0.15) is 20.3 Å². The molecule has 0 aliphatic heterocycles. The van der Waals surface area contributed by atoms with Crippen molar-refractivity contribution >= 4 is 5.91 Å². The van der Waals surface area contributed by atoms with Crippen LogP contribution in [0, 0.1) is 5.92 Å². The summed E-state index contributed by atoms with van der Waals surface area (Å²) in [6, 6.07) is 0. The van der Waals surface area contributed by atoms with Crippen molar-refractivity contribution in [2.75, 3.05) is 0 Å². The maximum Gasteiger partial charge on any atom is 0.264 e. The molecule has 0 heterocycles. The Morgan fingerprint density at radius 1 is 1.70 bits per heavy atom. The summed E-state index contributed by atoms with van der Waals surface area (Å²) in [5, 5.41) is 9.07. The molecule has 60 valence electrons. The molecule has 5 N–H and O–H groups in total. The summed E-state index contributed by atoms with van der Waals surface area (Å²) in [6.45, 7) is 3.70. The van der Waals surface area contributed by atoms with Crippen LogP contribution < -0.4 is 11.5 Å². The molecule has 0 rings (SSSR count). The molecule has 0 saturated heterocycles. The van der Waals surface area contributed by atoms with Gasteiger partial charge in [0.2, 0.25) is 0 Å². The van der Waals surface area contributed by atoms with Crippen molar-refractivity contribution in [1.82, 2.24) is 0 Å². The summed E-state index contributed by atoms with van der Waals surface area (Å²) >= 11 is 0. The Morgan fingerprint density at radius 2 is 2.10 bits per heavy atom. The third-order valence-corrected chi connectivity index (χ3v) is 1.15. The highest BCUT2D eigenvalue weighted by Crippen LogP contribution is 2.09. The largest absolute Gasteiger partial charge is 0.368 e. The molecule has 0 aliphatic carbocycles. The van der Waals surface area contributed by atoms with Gasteiger partial charge in [-0.05, 0) is 5.92 Å². The molecule has 0 spiro atoms. The average Bonchev–Trinajstić information content (AvgIpc) is 1.60. The molecule has 4 heteroatoms. The highest BCUT2D eigenvalue weighted by molar-refractivity contribution is 5.82. The quantitative estimate of drug-likeness (QED) is 0.454. The number of primary amides is 1. The number of aliphatic hydroxyl groups is 1. The van der Waals surface area contributed by atoms with Crippen LogP contribution in [0.5, 0.6) is 0 Å². The van der Waals surface area contributed by atoms with E-state index in [9.17, 15) is 4.79 Å². The van der Waals surface area contributed by atoms with Crippen LogP contribution in [-0.4, -0.2) is 16.7 Å². The standard InChI is InChI=1S/C6H14N2O2/c1-4(2)3-6(8,10)5(7)9/h4,10H,3,8H2,1-2H3,(H2,7,9). The minimum absolute atomic E-state index is 0.155. The van der Waals surface area contributed by atoms with Crippen LogP contribution in [0.3, 0.4) is 0 Å². The summed E-state index contributed by atoms with van der Waals surface area (Å²) in [4.78, 5) is 10.4. The minimum atomic E-state index is -1.84. The highest BCUT2D eigenvalue weighted by Gasteiger charge is 2.28. The van der Waals surface area contributed by atoms with Crippen LogP contribution >= 0.6 is 0 Å². The van der Waals surface area contributed by atoms with E-state index in [1.165, 1.54) is 0 Å². The van der Waals surface area contributed by atoms with Gasteiger partial charge in [0.15, 0.2) is 5.72 Å². The van der Waals surface area contributed by atoms with Crippen LogP contribution in [0.25, 0.3) is 0 Å². The van der Waals surface area contributed by atoms with E-state index in [-0.39, 0.29) is 12.3 Å². The van der Waals surface area contributed by atoms with Gasteiger partial charge in [-0.3, -0.25) is 10.5 Å². The van der Waals surface area contributed by atoms with Crippen molar-refractivity contribution in [1.29, 1.82) is 0 Å². The molecule has 0 saturated carbocycles. The fraction of sp³-hybridized carbons (Fsp3) is 0.833. The topological polar surface area (TPSA) is 89.3 Å². The van der Waals surface area contributed by atoms with E-state index in [4.69, 9.17) is 16.6 Å². The molecule has 0 aromatic rings. The van der Waals surface area contributed by atoms with Crippen LogP contribution in [0.2, 0.25) is 0 Å². The molecule has 4 nitrogen and oxygen atoms in total. The van der Waals surface area contributed by atoms with E-state index in [1.807, 2.05) is 13.8 Å². The molecule has 1 amide bonds. The summed E-state index contributed by atoms with van der Waals surface area (Å²) in [6.07, 6.45) is 0.197. The first-order chi connectivity index (χ1) is 4.36. The summed E-state index contributed by atoms with van der Waals surface area (Å²) < 4.78 is 0. The fourth-order valence-corrected chi connectivity index (χ4v) is 0.723. The van der Waals surface area contributed by atoms with E-state index in [0.717, 1.165) is 0 Å². The molecule has 0 aromatic heterocycles. The second-order valence-electron chi connectivity index (χ2n) is 2.89. The Labute approximate surface area is 60.2 Å². The zero-order chi connectivity index (χ0) is 8.36. The summed E-state index contributed by atoms with van der Waals surface area (Å²) in [5.74, 6) is -0.719. The smallest absolute Gasteiger partial charge is 0.264 e. The van der Waals surface area contributed by atoms with Crippen molar-refractivity contribution < 1.29 is 9.90 Å². The zero-order valence-electron chi connectivity index (χ0n) is 6.29. The van der Waals surface area contributed by atoms with Gasteiger partial charge < -0.3 is 10.8 Å². The monoisotopic (exact) mass is 146 g/mol. The van der Waals surface area contributed by atoms with Crippen LogP contribution in [-0.2, 0) is 4.79 Å². The molecule has 0 aromatic carbocycles. The van der Waals surface area contributed by atoms with E-state index in [0.29, 0.717) is 0 Å². The van der Waals surface area contributed by atoms with Gasteiger partial charge in [-0.15, -0.1) is 0 Å². The number of hydrogen-bond acceptors (Lipinski definition) is 3. The van der Waals surface area contributed by atoms with Crippen LogP contribution in [0.4, 0.5) is 0 Å². The number of carbonyl (C=O) groups is 1. The second kappa shape index (κ2) is 2.98. The summed E-state index contributed by atoms with van der Waals surface area (Å²) in [5.41, 5.74) is 8.11. The zero-order valence-corrected chi connectivity index (χ0v) is 6.29. The average molecular weight is 146 g/mol. The highest BCUT2D eigenvalue weighted by atomic mass is 16.3. The molecule has 0 bridgehead atoms. The van der Waals surface area contributed by atoms with Gasteiger partial charge in [0, 0.05) is 6.42 Å². The first-order valence-electron chi connectivity index (χ1n) is 3.17. The molecule has 0 fully saturated rings. The van der Waals surface area contributed by atoms with Crippen molar-refractivity contribution in [3.8, 4) is 0 Å². The lowest BCUT2D eigenvalue weighted by Crippen LogP contribution is -2.52. The molecule has 1 atom stereocenters. The van der Waals surface area contributed by atoms with Gasteiger partial charge in [-0.2, -0.15) is 0 Å². The number of hydrogen-bond donors (Lipinski definition) is 3. The van der Waals surface area contributed by atoms with Gasteiger partial charge >= 0.3 is 0 Å². The maximum absolute atomic E-state index is 10.4. The van der Waals surface area contributed by atoms with E-state index in [1.54, 1.807) is 0 Å². The molecule has 10 heavy (non-hydrogen) atoms. The van der Waals surface area contributed by atoms with Crippen LogP contribution in [0.15, 0.2) is 0 Å². The summed E-state index contributed by atoms with van der Waals surface area (Å²) in [7, 11) is 0.